The number of benzene rings is 1. The topological polar surface area (TPSA) is 106 Å². The summed E-state index contributed by atoms with van der Waals surface area (Å²) in [5.41, 5.74) is 9.99. The largest absolute Gasteiger partial charge is 0.481 e. The summed E-state index contributed by atoms with van der Waals surface area (Å²) in [6.07, 6.45) is 4.23. The van der Waals surface area contributed by atoms with Crippen LogP contribution in [0.15, 0.2) is 24.3 Å². The van der Waals surface area contributed by atoms with Gasteiger partial charge in [-0.15, -0.1) is 0 Å². The normalized spacial score (nSPS) is 19.3. The molecule has 6 nitrogen and oxygen atoms in total. The monoisotopic (exact) mass is 395 g/mol. The Morgan fingerprint density at radius 2 is 1.72 bits per heavy atom. The lowest BCUT2D eigenvalue weighted by Gasteiger charge is -2.28. The molecule has 1 aromatic carbocycles. The molecule has 2 aromatic rings. The van der Waals surface area contributed by atoms with Crippen LogP contribution in [-0.4, -0.2) is 27.0 Å². The second-order valence-corrected chi connectivity index (χ2v) is 8.35. The van der Waals surface area contributed by atoms with Crippen LogP contribution in [0.5, 0.6) is 0 Å². The van der Waals surface area contributed by atoms with Crippen molar-refractivity contribution in [3.63, 3.8) is 0 Å². The molecule has 3 rings (SSSR count). The van der Waals surface area contributed by atoms with E-state index in [1.807, 2.05) is 12.1 Å². The van der Waals surface area contributed by atoms with Gasteiger partial charge in [0.15, 0.2) is 0 Å². The van der Waals surface area contributed by atoms with E-state index in [0.717, 1.165) is 36.9 Å². The molecule has 0 aliphatic heterocycles. The molecule has 1 fully saturated rings. The Hall–Kier alpha value is -2.76. The second-order valence-electron chi connectivity index (χ2n) is 8.35. The van der Waals surface area contributed by atoms with Crippen LogP contribution in [0.4, 0.5) is 0 Å². The summed E-state index contributed by atoms with van der Waals surface area (Å²) in [6.45, 7) is 5.87. The van der Waals surface area contributed by atoms with E-state index in [-0.39, 0.29) is 18.0 Å². The zero-order valence-electron chi connectivity index (χ0n) is 17.3. The Bertz CT molecular complexity index is 898. The molecule has 3 N–H and O–H groups in total. The van der Waals surface area contributed by atoms with Crippen molar-refractivity contribution in [3.8, 4) is 11.3 Å². The van der Waals surface area contributed by atoms with Gasteiger partial charge in [-0.25, -0.2) is 4.98 Å². The van der Waals surface area contributed by atoms with E-state index in [0.29, 0.717) is 23.2 Å². The Balaban J connectivity index is 1.83. The highest BCUT2D eigenvalue weighted by Gasteiger charge is 2.24. The fourth-order valence-electron chi connectivity index (χ4n) is 4.24. The zero-order chi connectivity index (χ0) is 21.1. The highest BCUT2D eigenvalue weighted by molar-refractivity contribution is 5.92. The predicted octanol–water partition coefficient (Wildman–Crippen LogP) is 4.42. The number of carboxylic acid groups (broad SMARTS) is 1. The first-order chi connectivity index (χ1) is 13.8. The minimum Gasteiger partial charge on any atom is -0.481 e. The van der Waals surface area contributed by atoms with Crippen LogP contribution in [-0.2, 0) is 4.79 Å². The number of primary amides is 1. The van der Waals surface area contributed by atoms with Gasteiger partial charge < -0.3 is 10.8 Å². The summed E-state index contributed by atoms with van der Waals surface area (Å²) >= 11 is 0. The van der Waals surface area contributed by atoms with Crippen molar-refractivity contribution in [2.45, 2.75) is 64.7 Å². The number of nitrogens with two attached hydrogens (primary N) is 1. The van der Waals surface area contributed by atoms with Gasteiger partial charge in [-0.05, 0) is 55.9 Å². The van der Waals surface area contributed by atoms with Gasteiger partial charge in [-0.3, -0.25) is 14.6 Å². The molecule has 1 aliphatic rings. The van der Waals surface area contributed by atoms with E-state index in [2.05, 4.69) is 35.9 Å². The van der Waals surface area contributed by atoms with Crippen molar-refractivity contribution in [2.24, 2.45) is 11.7 Å². The summed E-state index contributed by atoms with van der Waals surface area (Å²) < 4.78 is 0. The smallest absolute Gasteiger partial charge is 0.303 e. The quantitative estimate of drug-likeness (QED) is 0.753. The van der Waals surface area contributed by atoms with Crippen LogP contribution >= 0.6 is 0 Å². The van der Waals surface area contributed by atoms with Gasteiger partial charge in [0.1, 0.15) is 5.69 Å². The first-order valence-electron chi connectivity index (χ1n) is 10.3. The molecule has 0 atom stereocenters. The van der Waals surface area contributed by atoms with E-state index in [4.69, 9.17) is 10.8 Å². The van der Waals surface area contributed by atoms with Gasteiger partial charge in [0, 0.05) is 12.0 Å². The first-order valence-corrected chi connectivity index (χ1v) is 10.3. The van der Waals surface area contributed by atoms with Crippen molar-refractivity contribution < 1.29 is 14.7 Å². The molecule has 0 saturated heterocycles. The molecule has 1 saturated carbocycles. The minimum absolute atomic E-state index is 0.169. The minimum atomic E-state index is -0.701. The summed E-state index contributed by atoms with van der Waals surface area (Å²) in [5.74, 6) is -0.340. The van der Waals surface area contributed by atoms with Crippen molar-refractivity contribution in [3.05, 3.63) is 46.9 Å². The van der Waals surface area contributed by atoms with Crippen LogP contribution in [0, 0.1) is 12.8 Å². The molecule has 1 aliphatic carbocycles. The van der Waals surface area contributed by atoms with E-state index >= 15 is 0 Å². The van der Waals surface area contributed by atoms with Crippen LogP contribution in [0.1, 0.15) is 85.2 Å². The molecule has 0 spiro atoms. The number of carbonyl (C=O) groups is 2. The number of aryl methyl sites for hydroxylation is 1. The summed E-state index contributed by atoms with van der Waals surface area (Å²) in [5, 5.41) is 8.98. The Morgan fingerprint density at radius 1 is 1.10 bits per heavy atom. The van der Waals surface area contributed by atoms with Gasteiger partial charge in [0.25, 0.3) is 5.91 Å². The van der Waals surface area contributed by atoms with Gasteiger partial charge in [0.05, 0.1) is 17.1 Å². The van der Waals surface area contributed by atoms with Crippen molar-refractivity contribution in [1.82, 2.24) is 9.97 Å². The Labute approximate surface area is 171 Å². The number of aliphatic carboxylic acids is 1. The molecular weight excluding hydrogens is 366 g/mol. The number of aromatic nitrogens is 2. The molecule has 0 bridgehead atoms. The molecule has 29 heavy (non-hydrogen) atoms. The number of hydrogen-bond donors (Lipinski definition) is 2. The molecule has 1 amide bonds. The van der Waals surface area contributed by atoms with Crippen LogP contribution in [0.2, 0.25) is 0 Å². The lowest BCUT2D eigenvalue weighted by atomic mass is 9.77. The predicted molar refractivity (Wildman–Crippen MR) is 112 cm³/mol. The number of nitrogens with zero attached hydrogens (tertiary/aromatic N) is 2. The maximum Gasteiger partial charge on any atom is 0.303 e. The molecule has 154 valence electrons. The first kappa shape index (κ1) is 21.0. The molecule has 6 heteroatoms. The van der Waals surface area contributed by atoms with Crippen molar-refractivity contribution in [1.29, 1.82) is 0 Å². The maximum atomic E-state index is 11.7. The molecule has 1 aromatic heterocycles. The fraction of sp³-hybridized carbons (Fsp3) is 0.478. The number of hydrogen-bond acceptors (Lipinski definition) is 4. The highest BCUT2D eigenvalue weighted by atomic mass is 16.4. The number of carbonyl (C=O) groups excluding carboxylic acids is 1. The zero-order valence-corrected chi connectivity index (χ0v) is 17.3. The van der Waals surface area contributed by atoms with Gasteiger partial charge in [-0.2, -0.15) is 0 Å². The maximum absolute atomic E-state index is 11.7. The summed E-state index contributed by atoms with van der Waals surface area (Å²) in [6, 6.07) is 8.31. The van der Waals surface area contributed by atoms with Crippen LogP contribution in [0.25, 0.3) is 11.3 Å². The molecule has 1 heterocycles. The SMILES string of the molecule is Cc1nc(C(C)C)c(-c2ccc(C3CCC(CC(=O)O)CC3)cc2)nc1C(N)=O. The van der Waals surface area contributed by atoms with Crippen LogP contribution < -0.4 is 5.73 Å². The lowest BCUT2D eigenvalue weighted by molar-refractivity contribution is -0.138. The van der Waals surface area contributed by atoms with E-state index in [1.54, 1.807) is 6.92 Å². The third kappa shape index (κ3) is 4.81. The third-order valence-corrected chi connectivity index (χ3v) is 5.84. The average molecular weight is 396 g/mol. The van der Waals surface area contributed by atoms with Crippen molar-refractivity contribution in [2.75, 3.05) is 0 Å². The van der Waals surface area contributed by atoms with E-state index < -0.39 is 11.9 Å². The Morgan fingerprint density at radius 3 is 2.24 bits per heavy atom. The average Bonchev–Trinajstić information content (AvgIpc) is 2.68. The molecule has 0 radical (unpaired) electrons. The van der Waals surface area contributed by atoms with Crippen molar-refractivity contribution >= 4 is 11.9 Å². The lowest BCUT2D eigenvalue weighted by Crippen LogP contribution is -2.18. The highest BCUT2D eigenvalue weighted by Crippen LogP contribution is 2.38. The van der Waals surface area contributed by atoms with Crippen LogP contribution in [0.3, 0.4) is 0 Å². The second kappa shape index (κ2) is 8.72. The van der Waals surface area contributed by atoms with Gasteiger partial charge in [-0.1, -0.05) is 38.1 Å². The number of amides is 1. The number of rotatable bonds is 6. The van der Waals surface area contributed by atoms with Gasteiger partial charge in [0.2, 0.25) is 0 Å². The fourth-order valence-corrected chi connectivity index (χ4v) is 4.24. The number of carboxylic acids is 1. The molecular formula is C23H29N3O3. The van der Waals surface area contributed by atoms with E-state index in [1.165, 1.54) is 5.56 Å². The van der Waals surface area contributed by atoms with E-state index in [9.17, 15) is 9.59 Å². The molecule has 0 unspecified atom stereocenters. The standard InChI is InChI=1S/C23H29N3O3/c1-13(2)20-22(26-21(23(24)29)14(3)25-20)18-10-8-17(9-11-18)16-6-4-15(5-7-16)12-19(27)28/h8-11,13,15-16H,4-7,12H2,1-3H3,(H2,24,29)(H,27,28). The summed E-state index contributed by atoms with van der Waals surface area (Å²) in [4.78, 5) is 31.8. The summed E-state index contributed by atoms with van der Waals surface area (Å²) in [7, 11) is 0. The Kier molecular flexibility index (Phi) is 6.30. The van der Waals surface area contributed by atoms with Gasteiger partial charge >= 0.3 is 5.97 Å². The third-order valence-electron chi connectivity index (χ3n) is 5.84.